The third-order valence-corrected chi connectivity index (χ3v) is 3.56. The Bertz CT molecular complexity index is 918. The maximum absolute atomic E-state index is 9.88. The number of fused-ring (bicyclic) bond motifs is 1. The number of aromatic hydroxyl groups is 1. The van der Waals surface area contributed by atoms with E-state index in [1.807, 2.05) is 32.9 Å². The minimum absolute atomic E-state index is 0.103. The summed E-state index contributed by atoms with van der Waals surface area (Å²) in [5.41, 5.74) is 1.78. The van der Waals surface area contributed by atoms with Gasteiger partial charge in [0.1, 0.15) is 0 Å². The number of aromatic nitrogens is 2. The molecule has 130 valence electrons. The van der Waals surface area contributed by atoms with Gasteiger partial charge < -0.3 is 14.6 Å². The van der Waals surface area contributed by atoms with Crippen molar-refractivity contribution in [3.05, 3.63) is 42.2 Å². The largest absolute Gasteiger partial charge is 0.504 e. The third-order valence-electron chi connectivity index (χ3n) is 3.56. The van der Waals surface area contributed by atoms with Crippen LogP contribution in [-0.2, 0) is 0 Å². The van der Waals surface area contributed by atoms with E-state index in [-0.39, 0.29) is 5.75 Å². The van der Waals surface area contributed by atoms with E-state index < -0.39 is 0 Å². The van der Waals surface area contributed by atoms with Crippen LogP contribution in [0, 0.1) is 6.92 Å². The molecular weight excluding hydrogens is 320 g/mol. The molecule has 2 heterocycles. The monoisotopic (exact) mass is 340 g/mol. The average molecular weight is 340 g/mol. The summed E-state index contributed by atoms with van der Waals surface area (Å²) in [5.74, 6) is 1.98. The molecule has 7 nitrogen and oxygen atoms in total. The van der Waals surface area contributed by atoms with Crippen molar-refractivity contribution in [1.82, 2.24) is 9.38 Å². The highest BCUT2D eigenvalue weighted by molar-refractivity contribution is 5.60. The third kappa shape index (κ3) is 3.40. The Morgan fingerprint density at radius 3 is 2.60 bits per heavy atom. The van der Waals surface area contributed by atoms with Gasteiger partial charge in [-0.05, 0) is 45.0 Å². The van der Waals surface area contributed by atoms with Gasteiger partial charge in [-0.15, -0.1) is 10.2 Å². The minimum atomic E-state index is 0.103. The summed E-state index contributed by atoms with van der Waals surface area (Å²) in [6.07, 6.45) is 1.78. The summed E-state index contributed by atoms with van der Waals surface area (Å²) in [7, 11) is 0. The zero-order chi connectivity index (χ0) is 17.8. The predicted molar refractivity (Wildman–Crippen MR) is 94.5 cm³/mol. The number of hydrogen-bond donors (Lipinski definition) is 1. The first kappa shape index (κ1) is 16.8. The van der Waals surface area contributed by atoms with Gasteiger partial charge in [0.2, 0.25) is 0 Å². The van der Waals surface area contributed by atoms with Crippen LogP contribution < -0.4 is 9.47 Å². The van der Waals surface area contributed by atoms with Gasteiger partial charge >= 0.3 is 0 Å². The van der Waals surface area contributed by atoms with Crippen molar-refractivity contribution in [2.24, 2.45) is 10.2 Å². The van der Waals surface area contributed by atoms with Crippen LogP contribution in [0.25, 0.3) is 5.65 Å². The first-order valence-electron chi connectivity index (χ1n) is 8.12. The summed E-state index contributed by atoms with van der Waals surface area (Å²) < 4.78 is 12.8. The molecule has 3 aromatic rings. The predicted octanol–water partition coefficient (Wildman–Crippen LogP) is 4.56. The van der Waals surface area contributed by atoms with Crippen molar-refractivity contribution in [2.75, 3.05) is 13.2 Å². The molecule has 1 N–H and O–H groups in total. The number of aryl methyl sites for hydroxylation is 1. The molecule has 0 spiro atoms. The van der Waals surface area contributed by atoms with Crippen LogP contribution in [0.15, 0.2) is 46.8 Å². The Morgan fingerprint density at radius 2 is 1.84 bits per heavy atom. The van der Waals surface area contributed by atoms with Crippen molar-refractivity contribution in [2.45, 2.75) is 20.8 Å². The lowest BCUT2D eigenvalue weighted by Crippen LogP contribution is -1.97. The fourth-order valence-electron chi connectivity index (χ4n) is 2.48. The highest BCUT2D eigenvalue weighted by Crippen LogP contribution is 2.33. The fourth-order valence-corrected chi connectivity index (χ4v) is 2.48. The van der Waals surface area contributed by atoms with E-state index in [0.717, 1.165) is 0 Å². The topological polar surface area (TPSA) is 80.7 Å². The van der Waals surface area contributed by atoms with Crippen LogP contribution in [0.4, 0.5) is 11.5 Å². The molecule has 0 saturated carbocycles. The molecule has 0 aliphatic heterocycles. The van der Waals surface area contributed by atoms with Gasteiger partial charge in [0, 0.05) is 12.3 Å². The Kier molecular flexibility index (Phi) is 4.83. The van der Waals surface area contributed by atoms with Crippen molar-refractivity contribution in [3.8, 4) is 17.2 Å². The van der Waals surface area contributed by atoms with Crippen LogP contribution >= 0.6 is 0 Å². The zero-order valence-electron chi connectivity index (χ0n) is 14.4. The molecule has 0 saturated heterocycles. The summed E-state index contributed by atoms with van der Waals surface area (Å²) >= 11 is 0. The smallest absolute Gasteiger partial charge is 0.182 e. The Labute approximate surface area is 145 Å². The molecule has 1 aromatic carbocycles. The van der Waals surface area contributed by atoms with Crippen LogP contribution in [0.1, 0.15) is 19.5 Å². The lowest BCUT2D eigenvalue weighted by atomic mass is 10.3. The Morgan fingerprint density at radius 1 is 1.08 bits per heavy atom. The molecule has 0 amide bonds. The van der Waals surface area contributed by atoms with Crippen LogP contribution in [0.5, 0.6) is 17.2 Å². The molecule has 0 radical (unpaired) electrons. The van der Waals surface area contributed by atoms with E-state index >= 15 is 0 Å². The molecule has 0 atom stereocenters. The minimum Gasteiger partial charge on any atom is -0.504 e. The zero-order valence-corrected chi connectivity index (χ0v) is 14.4. The van der Waals surface area contributed by atoms with Crippen molar-refractivity contribution in [3.63, 3.8) is 0 Å². The number of azo groups is 1. The summed E-state index contributed by atoms with van der Waals surface area (Å²) in [4.78, 5) is 4.32. The molecule has 3 rings (SSSR count). The number of nitrogens with zero attached hydrogens (tertiary/aromatic N) is 4. The molecule has 0 fully saturated rings. The molecular formula is C18H20N4O3. The summed E-state index contributed by atoms with van der Waals surface area (Å²) in [6, 6.07) is 8.73. The number of hydrogen-bond acceptors (Lipinski definition) is 6. The number of imidazole rings is 1. The molecule has 0 bridgehead atoms. The van der Waals surface area contributed by atoms with E-state index in [4.69, 9.17) is 9.47 Å². The Hall–Kier alpha value is -3.09. The van der Waals surface area contributed by atoms with Crippen molar-refractivity contribution >= 4 is 17.2 Å². The molecule has 2 aromatic heterocycles. The van der Waals surface area contributed by atoms with Crippen molar-refractivity contribution < 1.29 is 14.6 Å². The second kappa shape index (κ2) is 7.21. The first-order valence-corrected chi connectivity index (χ1v) is 8.12. The number of ether oxygens (including phenoxy) is 2. The highest BCUT2D eigenvalue weighted by atomic mass is 16.5. The van der Waals surface area contributed by atoms with Crippen LogP contribution in [0.2, 0.25) is 0 Å². The van der Waals surface area contributed by atoms with E-state index in [1.165, 1.54) is 0 Å². The lowest BCUT2D eigenvalue weighted by molar-refractivity contribution is 0.288. The molecule has 0 unspecified atom stereocenters. The van der Waals surface area contributed by atoms with Crippen LogP contribution in [0.3, 0.4) is 0 Å². The lowest BCUT2D eigenvalue weighted by Gasteiger charge is -2.10. The maximum atomic E-state index is 9.88. The van der Waals surface area contributed by atoms with Gasteiger partial charge in [-0.2, -0.15) is 0 Å². The SMILES string of the molecule is CCOc1ccc(N=Nc2c(C)nc3c(O)cccn23)cc1OCC. The van der Waals surface area contributed by atoms with Crippen LogP contribution in [-0.4, -0.2) is 27.7 Å². The summed E-state index contributed by atoms with van der Waals surface area (Å²) in [6.45, 7) is 6.76. The standard InChI is InChI=1S/C18H20N4O3/c1-4-24-15-9-8-13(11-16(15)25-5-2)20-21-17-12(3)19-18-14(23)7-6-10-22(17)18/h6-11,23H,4-5H2,1-3H3. The fraction of sp³-hybridized carbons (Fsp3) is 0.278. The van der Waals surface area contributed by atoms with E-state index in [2.05, 4.69) is 15.2 Å². The van der Waals surface area contributed by atoms with Gasteiger partial charge in [0.15, 0.2) is 28.7 Å². The van der Waals surface area contributed by atoms with E-state index in [0.29, 0.717) is 47.6 Å². The van der Waals surface area contributed by atoms with Gasteiger partial charge in [0.05, 0.1) is 24.6 Å². The van der Waals surface area contributed by atoms with E-state index in [9.17, 15) is 5.11 Å². The average Bonchev–Trinajstić information content (AvgIpc) is 2.92. The highest BCUT2D eigenvalue weighted by Gasteiger charge is 2.11. The first-order chi connectivity index (χ1) is 12.1. The molecule has 7 heteroatoms. The van der Waals surface area contributed by atoms with E-state index in [1.54, 1.807) is 28.8 Å². The number of pyridine rings is 1. The molecule has 0 aliphatic rings. The molecule has 0 aliphatic carbocycles. The summed E-state index contributed by atoms with van der Waals surface area (Å²) in [5, 5.41) is 18.5. The molecule has 25 heavy (non-hydrogen) atoms. The Balaban J connectivity index is 1.96. The van der Waals surface area contributed by atoms with Gasteiger partial charge in [-0.1, -0.05) is 0 Å². The normalized spacial score (nSPS) is 11.3. The number of rotatable bonds is 6. The quantitative estimate of drug-likeness (QED) is 0.667. The van der Waals surface area contributed by atoms with Gasteiger partial charge in [0.25, 0.3) is 0 Å². The van der Waals surface area contributed by atoms with Gasteiger partial charge in [-0.3, -0.25) is 4.40 Å². The van der Waals surface area contributed by atoms with Crippen molar-refractivity contribution in [1.29, 1.82) is 0 Å². The van der Waals surface area contributed by atoms with Gasteiger partial charge in [-0.25, -0.2) is 4.98 Å². The second-order valence-electron chi connectivity index (χ2n) is 5.30. The number of benzene rings is 1. The maximum Gasteiger partial charge on any atom is 0.182 e. The second-order valence-corrected chi connectivity index (χ2v) is 5.30.